The maximum Gasteiger partial charge on any atom is 0.274 e. The third-order valence-electron chi connectivity index (χ3n) is 7.31. The molecule has 40 heavy (non-hydrogen) atoms. The number of amides is 1. The minimum absolute atomic E-state index is 0.266. The Balaban J connectivity index is 1.13. The zero-order valence-electron chi connectivity index (χ0n) is 22.3. The van der Waals surface area contributed by atoms with Crippen molar-refractivity contribution < 1.29 is 9.53 Å². The van der Waals surface area contributed by atoms with Gasteiger partial charge in [0.25, 0.3) is 5.91 Å². The summed E-state index contributed by atoms with van der Waals surface area (Å²) < 4.78 is 9.60. The number of imidazole rings is 1. The molecule has 4 heterocycles. The molecule has 0 unspecified atom stereocenters. The number of hydrogen-bond donors (Lipinski definition) is 1. The molecule has 3 aromatic heterocycles. The number of nitriles is 1. The van der Waals surface area contributed by atoms with E-state index in [1.165, 1.54) is 0 Å². The van der Waals surface area contributed by atoms with Gasteiger partial charge in [0.05, 0.1) is 41.8 Å². The molecule has 5 aromatic rings. The zero-order chi connectivity index (χ0) is 27.5. The Morgan fingerprint density at radius 1 is 1.07 bits per heavy atom. The predicted molar refractivity (Wildman–Crippen MR) is 153 cm³/mol. The fourth-order valence-corrected chi connectivity index (χ4v) is 5.02. The molecule has 0 atom stereocenters. The number of rotatable bonds is 8. The Bertz CT molecular complexity index is 1710. The average molecular weight is 535 g/mol. The standard InChI is InChI=1S/C30H30N8O2/c1-35-10-12-36(13-11-35)14-15-40-24-8-9-37-28(20-32-29(37)17-24)30(39)34-26-6-3-7-27-25(26)19-33-38(27)21-23-5-2-4-22(16-23)18-31/h2-9,16-17,19-20H,10-15,21H2,1H3,(H,34,39). The molecule has 1 saturated heterocycles. The normalized spacial score (nSPS) is 14.4. The summed E-state index contributed by atoms with van der Waals surface area (Å²) in [5.41, 5.74) is 4.21. The van der Waals surface area contributed by atoms with Crippen molar-refractivity contribution in [1.82, 2.24) is 29.0 Å². The van der Waals surface area contributed by atoms with E-state index >= 15 is 0 Å². The second-order valence-electron chi connectivity index (χ2n) is 10.0. The SMILES string of the molecule is CN1CCN(CCOc2ccn3c(C(=O)Nc4cccc5c4cnn5Cc4cccc(C#N)c4)cnc3c2)CC1. The molecule has 0 saturated carbocycles. The van der Waals surface area contributed by atoms with Gasteiger partial charge in [-0.2, -0.15) is 10.4 Å². The van der Waals surface area contributed by atoms with Gasteiger partial charge in [-0.3, -0.25) is 18.8 Å². The number of carbonyl (C=O) groups is 1. The van der Waals surface area contributed by atoms with Crippen LogP contribution in [0.3, 0.4) is 0 Å². The van der Waals surface area contributed by atoms with Crippen LogP contribution in [0.5, 0.6) is 5.75 Å². The van der Waals surface area contributed by atoms with Crippen molar-refractivity contribution in [3.05, 3.63) is 90.0 Å². The number of ether oxygens (including phenoxy) is 1. The van der Waals surface area contributed by atoms with Crippen molar-refractivity contribution in [3.63, 3.8) is 0 Å². The monoisotopic (exact) mass is 534 g/mol. The summed E-state index contributed by atoms with van der Waals surface area (Å²) >= 11 is 0. The quantitative estimate of drug-likeness (QED) is 0.325. The van der Waals surface area contributed by atoms with Crippen molar-refractivity contribution in [2.45, 2.75) is 6.54 Å². The van der Waals surface area contributed by atoms with Gasteiger partial charge < -0.3 is 15.0 Å². The highest BCUT2D eigenvalue weighted by Gasteiger charge is 2.16. The van der Waals surface area contributed by atoms with Crippen LogP contribution in [0.25, 0.3) is 16.6 Å². The van der Waals surface area contributed by atoms with E-state index in [2.05, 4.69) is 38.3 Å². The van der Waals surface area contributed by atoms with E-state index in [0.29, 0.717) is 35.7 Å². The number of nitrogens with zero attached hydrogens (tertiary/aromatic N) is 7. The van der Waals surface area contributed by atoms with E-state index < -0.39 is 0 Å². The van der Waals surface area contributed by atoms with E-state index in [4.69, 9.17) is 4.74 Å². The second kappa shape index (κ2) is 11.2. The number of nitrogens with one attached hydrogen (secondary N) is 1. The highest BCUT2D eigenvalue weighted by atomic mass is 16.5. The molecule has 0 spiro atoms. The number of aromatic nitrogens is 4. The Labute approximate surface area is 232 Å². The van der Waals surface area contributed by atoms with E-state index in [-0.39, 0.29) is 5.91 Å². The first kappa shape index (κ1) is 25.6. The highest BCUT2D eigenvalue weighted by molar-refractivity contribution is 6.08. The van der Waals surface area contributed by atoms with Crippen molar-refractivity contribution in [3.8, 4) is 11.8 Å². The molecule has 1 fully saturated rings. The van der Waals surface area contributed by atoms with Crippen LogP contribution in [0.1, 0.15) is 21.6 Å². The topological polar surface area (TPSA) is 104 Å². The summed E-state index contributed by atoms with van der Waals surface area (Å²) in [6.45, 7) is 6.29. The molecule has 0 bridgehead atoms. The van der Waals surface area contributed by atoms with Gasteiger partial charge in [-0.1, -0.05) is 18.2 Å². The Kier molecular flexibility index (Phi) is 7.14. The number of carbonyl (C=O) groups excluding carboxylic acids is 1. The molecule has 1 aliphatic rings. The molecule has 10 heteroatoms. The summed E-state index contributed by atoms with van der Waals surface area (Å²) in [4.78, 5) is 22.5. The smallest absolute Gasteiger partial charge is 0.274 e. The van der Waals surface area contributed by atoms with Gasteiger partial charge in [0.1, 0.15) is 23.7 Å². The van der Waals surface area contributed by atoms with Crippen molar-refractivity contribution in [2.24, 2.45) is 0 Å². The van der Waals surface area contributed by atoms with Gasteiger partial charge in [0.15, 0.2) is 0 Å². The number of piperazine rings is 1. The van der Waals surface area contributed by atoms with Crippen LogP contribution in [0.15, 0.2) is 73.2 Å². The summed E-state index contributed by atoms with van der Waals surface area (Å²) in [6, 6.07) is 19.1. The molecule has 202 valence electrons. The van der Waals surface area contributed by atoms with E-state index in [1.807, 2.05) is 59.4 Å². The number of fused-ring (bicyclic) bond motifs is 2. The zero-order valence-corrected chi connectivity index (χ0v) is 22.3. The lowest BCUT2D eigenvalue weighted by molar-refractivity contribution is 0.102. The molecule has 2 aromatic carbocycles. The predicted octanol–water partition coefficient (Wildman–Crippen LogP) is 3.48. The molecule has 6 rings (SSSR count). The largest absolute Gasteiger partial charge is 0.492 e. The first-order valence-corrected chi connectivity index (χ1v) is 13.3. The van der Waals surface area contributed by atoms with Gasteiger partial charge in [0, 0.05) is 50.4 Å². The maximum atomic E-state index is 13.3. The number of benzene rings is 2. The molecule has 0 radical (unpaired) electrons. The third kappa shape index (κ3) is 5.38. The minimum atomic E-state index is -0.266. The van der Waals surface area contributed by atoms with Crippen molar-refractivity contribution >= 4 is 28.1 Å². The molecular weight excluding hydrogens is 504 g/mol. The minimum Gasteiger partial charge on any atom is -0.492 e. The second-order valence-corrected chi connectivity index (χ2v) is 10.0. The molecule has 1 N–H and O–H groups in total. The van der Waals surface area contributed by atoms with Crippen molar-refractivity contribution in [1.29, 1.82) is 5.26 Å². The summed E-state index contributed by atoms with van der Waals surface area (Å²) in [7, 11) is 2.15. The van der Waals surface area contributed by atoms with Gasteiger partial charge >= 0.3 is 0 Å². The average Bonchev–Trinajstić information content (AvgIpc) is 3.59. The molecule has 1 aliphatic heterocycles. The summed E-state index contributed by atoms with van der Waals surface area (Å²) in [6.07, 6.45) is 5.14. The van der Waals surface area contributed by atoms with Crippen LogP contribution in [0.2, 0.25) is 0 Å². The lowest BCUT2D eigenvalue weighted by Gasteiger charge is -2.32. The van der Waals surface area contributed by atoms with Crippen LogP contribution in [-0.4, -0.2) is 81.3 Å². The van der Waals surface area contributed by atoms with Crippen LogP contribution >= 0.6 is 0 Å². The van der Waals surface area contributed by atoms with Gasteiger partial charge in [-0.05, 0) is 42.9 Å². The van der Waals surface area contributed by atoms with Gasteiger partial charge in [-0.25, -0.2) is 4.98 Å². The van der Waals surface area contributed by atoms with E-state index in [9.17, 15) is 10.1 Å². The lowest BCUT2D eigenvalue weighted by Crippen LogP contribution is -2.45. The first-order chi connectivity index (χ1) is 19.6. The fourth-order valence-electron chi connectivity index (χ4n) is 5.02. The van der Waals surface area contributed by atoms with Gasteiger partial charge in [0.2, 0.25) is 0 Å². The number of pyridine rings is 1. The third-order valence-corrected chi connectivity index (χ3v) is 7.31. The first-order valence-electron chi connectivity index (χ1n) is 13.3. The van der Waals surface area contributed by atoms with E-state index in [1.54, 1.807) is 22.9 Å². The Morgan fingerprint density at radius 2 is 1.93 bits per heavy atom. The molecule has 10 nitrogen and oxygen atoms in total. The maximum absolute atomic E-state index is 13.3. The van der Waals surface area contributed by atoms with Crippen molar-refractivity contribution in [2.75, 3.05) is 51.7 Å². The fraction of sp³-hybridized carbons (Fsp3) is 0.267. The summed E-state index contributed by atoms with van der Waals surface area (Å²) in [5, 5.41) is 17.6. The van der Waals surface area contributed by atoms with E-state index in [0.717, 1.165) is 54.9 Å². The number of likely N-dealkylation sites (N-methyl/N-ethyl adjacent to an activating group) is 1. The highest BCUT2D eigenvalue weighted by Crippen LogP contribution is 2.25. The van der Waals surface area contributed by atoms with Gasteiger partial charge in [-0.15, -0.1) is 0 Å². The Hall–Kier alpha value is -4.72. The lowest BCUT2D eigenvalue weighted by atomic mass is 10.1. The molecule has 1 amide bonds. The summed E-state index contributed by atoms with van der Waals surface area (Å²) in [5.74, 6) is 0.467. The molecular formula is C30H30N8O2. The Morgan fingerprint density at radius 3 is 2.77 bits per heavy atom. The van der Waals surface area contributed by atoms with Crippen LogP contribution in [0.4, 0.5) is 5.69 Å². The van der Waals surface area contributed by atoms with Crippen LogP contribution in [0, 0.1) is 11.3 Å². The van der Waals surface area contributed by atoms with Crippen LogP contribution in [-0.2, 0) is 6.54 Å². The number of hydrogen-bond acceptors (Lipinski definition) is 7. The molecule has 0 aliphatic carbocycles. The number of anilines is 1. The van der Waals surface area contributed by atoms with Crippen LogP contribution < -0.4 is 10.1 Å².